The summed E-state index contributed by atoms with van der Waals surface area (Å²) in [6, 6.07) is 9.14. The van der Waals surface area contributed by atoms with Crippen molar-refractivity contribution in [1.29, 1.82) is 0 Å². The Kier molecular flexibility index (Phi) is 3.86. The Bertz CT molecular complexity index is 608. The van der Waals surface area contributed by atoms with E-state index < -0.39 is 0 Å². The first kappa shape index (κ1) is 13.6. The predicted molar refractivity (Wildman–Crippen MR) is 75.8 cm³/mol. The molecule has 0 bridgehead atoms. The minimum atomic E-state index is -0.276. The highest BCUT2D eigenvalue weighted by atomic mass is 19.1. The Morgan fingerprint density at radius 1 is 1.16 bits per heavy atom. The van der Waals surface area contributed by atoms with Gasteiger partial charge in [0.15, 0.2) is 0 Å². The fraction of sp³-hybridized carbons (Fsp3) is 0.250. The molecule has 0 unspecified atom stereocenters. The van der Waals surface area contributed by atoms with Crippen LogP contribution in [0, 0.1) is 19.7 Å². The van der Waals surface area contributed by atoms with Crippen LogP contribution in [0.15, 0.2) is 30.3 Å². The molecule has 0 radical (unpaired) electrons. The molecule has 2 rings (SSSR count). The van der Waals surface area contributed by atoms with E-state index in [1.54, 1.807) is 13.2 Å². The van der Waals surface area contributed by atoms with Crippen molar-refractivity contribution in [3.8, 4) is 16.9 Å². The van der Waals surface area contributed by atoms with Crippen molar-refractivity contribution in [2.45, 2.75) is 20.4 Å². The summed E-state index contributed by atoms with van der Waals surface area (Å²) >= 11 is 0. The van der Waals surface area contributed by atoms with Gasteiger partial charge < -0.3 is 10.5 Å². The van der Waals surface area contributed by atoms with E-state index in [4.69, 9.17) is 10.5 Å². The first-order chi connectivity index (χ1) is 9.06. The van der Waals surface area contributed by atoms with Crippen LogP contribution in [0.2, 0.25) is 0 Å². The molecule has 19 heavy (non-hydrogen) atoms. The van der Waals surface area contributed by atoms with E-state index in [9.17, 15) is 4.39 Å². The molecule has 0 fully saturated rings. The maximum absolute atomic E-state index is 13.9. The number of methoxy groups -OCH3 is 1. The van der Waals surface area contributed by atoms with Gasteiger partial charge >= 0.3 is 0 Å². The van der Waals surface area contributed by atoms with Gasteiger partial charge in [-0.25, -0.2) is 4.39 Å². The lowest BCUT2D eigenvalue weighted by molar-refractivity contribution is 0.416. The fourth-order valence-corrected chi connectivity index (χ4v) is 2.33. The summed E-state index contributed by atoms with van der Waals surface area (Å²) in [5.41, 5.74) is 9.93. The van der Waals surface area contributed by atoms with E-state index in [-0.39, 0.29) is 12.4 Å². The van der Waals surface area contributed by atoms with Gasteiger partial charge in [-0.2, -0.15) is 0 Å². The Labute approximate surface area is 113 Å². The second-order valence-corrected chi connectivity index (χ2v) is 4.67. The van der Waals surface area contributed by atoms with Gasteiger partial charge in [-0.3, -0.25) is 0 Å². The summed E-state index contributed by atoms with van der Waals surface area (Å²) in [7, 11) is 1.63. The van der Waals surface area contributed by atoms with E-state index in [0.717, 1.165) is 28.0 Å². The zero-order chi connectivity index (χ0) is 14.0. The molecular weight excluding hydrogens is 241 g/mol. The molecule has 2 aromatic rings. The van der Waals surface area contributed by atoms with Gasteiger partial charge in [0.1, 0.15) is 11.6 Å². The van der Waals surface area contributed by atoms with E-state index in [2.05, 4.69) is 6.07 Å². The molecule has 0 amide bonds. The molecule has 0 saturated heterocycles. The van der Waals surface area contributed by atoms with Crippen molar-refractivity contribution in [1.82, 2.24) is 0 Å². The van der Waals surface area contributed by atoms with Crippen molar-refractivity contribution in [2.24, 2.45) is 5.73 Å². The maximum Gasteiger partial charge on any atom is 0.128 e. The first-order valence-electron chi connectivity index (χ1n) is 6.21. The van der Waals surface area contributed by atoms with E-state index in [1.165, 1.54) is 6.07 Å². The molecule has 100 valence electrons. The van der Waals surface area contributed by atoms with Gasteiger partial charge in [-0.15, -0.1) is 0 Å². The molecule has 2 nitrogen and oxygen atoms in total. The van der Waals surface area contributed by atoms with Crippen LogP contribution >= 0.6 is 0 Å². The summed E-state index contributed by atoms with van der Waals surface area (Å²) in [4.78, 5) is 0. The average Bonchev–Trinajstić information content (AvgIpc) is 2.37. The van der Waals surface area contributed by atoms with Crippen LogP contribution in [0.5, 0.6) is 5.75 Å². The number of nitrogens with two attached hydrogens (primary N) is 1. The minimum absolute atomic E-state index is 0.204. The number of benzene rings is 2. The Balaban J connectivity index is 2.61. The summed E-state index contributed by atoms with van der Waals surface area (Å²) < 4.78 is 19.3. The number of halogens is 1. The average molecular weight is 259 g/mol. The second-order valence-electron chi connectivity index (χ2n) is 4.67. The van der Waals surface area contributed by atoms with Crippen molar-refractivity contribution < 1.29 is 9.13 Å². The van der Waals surface area contributed by atoms with Crippen molar-refractivity contribution in [3.63, 3.8) is 0 Å². The van der Waals surface area contributed by atoms with Gasteiger partial charge in [-0.05, 0) is 42.7 Å². The number of aryl methyl sites for hydroxylation is 2. The lowest BCUT2D eigenvalue weighted by Gasteiger charge is -2.14. The first-order valence-corrected chi connectivity index (χ1v) is 6.21. The van der Waals surface area contributed by atoms with Gasteiger partial charge in [0, 0.05) is 17.7 Å². The summed E-state index contributed by atoms with van der Waals surface area (Å²) in [5.74, 6) is 0.486. The third kappa shape index (κ3) is 2.61. The van der Waals surface area contributed by atoms with E-state index >= 15 is 0 Å². The maximum atomic E-state index is 13.9. The molecule has 0 spiro atoms. The van der Waals surface area contributed by atoms with Crippen LogP contribution < -0.4 is 10.5 Å². The van der Waals surface area contributed by atoms with Crippen molar-refractivity contribution >= 4 is 0 Å². The number of ether oxygens (including phenoxy) is 1. The Morgan fingerprint density at radius 3 is 2.47 bits per heavy atom. The number of rotatable bonds is 3. The Hall–Kier alpha value is -1.87. The van der Waals surface area contributed by atoms with Gasteiger partial charge in [0.2, 0.25) is 0 Å². The zero-order valence-electron chi connectivity index (χ0n) is 11.5. The van der Waals surface area contributed by atoms with E-state index in [0.29, 0.717) is 5.56 Å². The third-order valence-corrected chi connectivity index (χ3v) is 3.23. The summed E-state index contributed by atoms with van der Waals surface area (Å²) in [6.07, 6.45) is 0. The SMILES string of the molecule is COc1cc(C)cc(C)c1-c1ccc(CN)c(F)c1. The standard InChI is InChI=1S/C16H18FNO/c1-10-6-11(2)16(15(7-10)19-3)12-4-5-13(9-18)14(17)8-12/h4-8H,9,18H2,1-3H3. The van der Waals surface area contributed by atoms with Crippen molar-refractivity contribution in [3.05, 3.63) is 52.8 Å². The lowest BCUT2D eigenvalue weighted by atomic mass is 9.96. The van der Waals surface area contributed by atoms with Gasteiger partial charge in [0.05, 0.1) is 7.11 Å². The van der Waals surface area contributed by atoms with Crippen LogP contribution in [-0.2, 0) is 6.54 Å². The highest BCUT2D eigenvalue weighted by Crippen LogP contribution is 2.34. The highest BCUT2D eigenvalue weighted by molar-refractivity contribution is 5.74. The van der Waals surface area contributed by atoms with Crippen LogP contribution in [0.4, 0.5) is 4.39 Å². The van der Waals surface area contributed by atoms with Crippen molar-refractivity contribution in [2.75, 3.05) is 7.11 Å². The third-order valence-electron chi connectivity index (χ3n) is 3.23. The molecular formula is C16H18FNO. The van der Waals surface area contributed by atoms with E-state index in [1.807, 2.05) is 26.0 Å². The molecule has 0 aliphatic carbocycles. The summed E-state index contributed by atoms with van der Waals surface area (Å²) in [6.45, 7) is 4.22. The number of hydrogen-bond acceptors (Lipinski definition) is 2. The topological polar surface area (TPSA) is 35.2 Å². The lowest BCUT2D eigenvalue weighted by Crippen LogP contribution is -2.00. The molecule has 3 heteroatoms. The van der Waals surface area contributed by atoms with Gasteiger partial charge in [0.25, 0.3) is 0 Å². The fourth-order valence-electron chi connectivity index (χ4n) is 2.33. The zero-order valence-corrected chi connectivity index (χ0v) is 11.5. The molecule has 0 aliphatic rings. The quantitative estimate of drug-likeness (QED) is 0.914. The normalized spacial score (nSPS) is 10.6. The minimum Gasteiger partial charge on any atom is -0.496 e. The predicted octanol–water partition coefficient (Wildman–Crippen LogP) is 3.58. The summed E-state index contributed by atoms with van der Waals surface area (Å²) in [5, 5.41) is 0. The van der Waals surface area contributed by atoms with Crippen LogP contribution in [0.1, 0.15) is 16.7 Å². The molecule has 0 atom stereocenters. The molecule has 0 heterocycles. The monoisotopic (exact) mass is 259 g/mol. The highest BCUT2D eigenvalue weighted by Gasteiger charge is 2.12. The smallest absolute Gasteiger partial charge is 0.128 e. The largest absolute Gasteiger partial charge is 0.496 e. The number of hydrogen-bond donors (Lipinski definition) is 1. The molecule has 2 N–H and O–H groups in total. The molecule has 2 aromatic carbocycles. The molecule has 0 saturated carbocycles. The van der Waals surface area contributed by atoms with Crippen LogP contribution in [-0.4, -0.2) is 7.11 Å². The Morgan fingerprint density at radius 2 is 1.89 bits per heavy atom. The van der Waals surface area contributed by atoms with Crippen LogP contribution in [0.3, 0.4) is 0 Å². The molecule has 0 aromatic heterocycles. The van der Waals surface area contributed by atoms with Crippen LogP contribution in [0.25, 0.3) is 11.1 Å². The van der Waals surface area contributed by atoms with Gasteiger partial charge in [-0.1, -0.05) is 18.2 Å². The second kappa shape index (κ2) is 5.41. The molecule has 0 aliphatic heterocycles.